The molecule has 0 fully saturated rings. The van der Waals surface area contributed by atoms with E-state index in [1.807, 2.05) is 0 Å². The maximum Gasteiger partial charge on any atom is 0.194 e. The summed E-state index contributed by atoms with van der Waals surface area (Å²) >= 11 is 5.19. The lowest BCUT2D eigenvalue weighted by atomic mass is 10.0. The number of hydrogen-bond acceptors (Lipinski definition) is 2. The zero-order valence-corrected chi connectivity index (χ0v) is 11.9. The molecule has 0 atom stereocenters. The Bertz CT molecular complexity index is 420. The third kappa shape index (κ3) is 3.70. The lowest BCUT2D eigenvalue weighted by molar-refractivity contribution is 1.06. The predicted molar refractivity (Wildman–Crippen MR) is 81.3 cm³/mol. The molecule has 1 aromatic carbocycles. The molecule has 0 heterocycles. The maximum atomic E-state index is 7.48. The van der Waals surface area contributed by atoms with Crippen molar-refractivity contribution in [1.82, 2.24) is 10.6 Å². The van der Waals surface area contributed by atoms with E-state index in [1.165, 1.54) is 11.1 Å². The fraction of sp³-hybridized carbons (Fsp3) is 0.385. The van der Waals surface area contributed by atoms with Gasteiger partial charge in [0.05, 0.1) is 0 Å². The highest BCUT2D eigenvalue weighted by molar-refractivity contribution is 7.80. The van der Waals surface area contributed by atoms with Crippen molar-refractivity contribution in [2.45, 2.75) is 26.7 Å². The van der Waals surface area contributed by atoms with Gasteiger partial charge in [0, 0.05) is 12.7 Å². The van der Waals surface area contributed by atoms with E-state index in [4.69, 9.17) is 17.6 Å². The normalized spacial score (nSPS) is 9.72. The van der Waals surface area contributed by atoms with Crippen LogP contribution in [-0.4, -0.2) is 18.1 Å². The number of thiocarbonyl (C=S) groups is 1. The molecule has 0 amide bonds. The van der Waals surface area contributed by atoms with Crippen LogP contribution in [0.1, 0.15) is 25.0 Å². The summed E-state index contributed by atoms with van der Waals surface area (Å²) in [7, 11) is 1.68. The van der Waals surface area contributed by atoms with Crippen molar-refractivity contribution in [1.29, 1.82) is 5.41 Å². The van der Waals surface area contributed by atoms with Gasteiger partial charge in [-0.3, -0.25) is 5.41 Å². The van der Waals surface area contributed by atoms with Crippen molar-refractivity contribution < 1.29 is 0 Å². The van der Waals surface area contributed by atoms with E-state index in [2.05, 4.69) is 48.0 Å². The lowest BCUT2D eigenvalue weighted by Gasteiger charge is -2.16. The second-order valence-corrected chi connectivity index (χ2v) is 4.27. The van der Waals surface area contributed by atoms with Crippen LogP contribution >= 0.6 is 12.2 Å². The van der Waals surface area contributed by atoms with Crippen LogP contribution in [0.3, 0.4) is 0 Å². The first-order chi connectivity index (χ1) is 8.62. The number of benzene rings is 1. The number of para-hydroxylation sites is 1. The van der Waals surface area contributed by atoms with Gasteiger partial charge in [0.2, 0.25) is 0 Å². The Labute approximate surface area is 114 Å². The highest BCUT2D eigenvalue weighted by Gasteiger charge is 2.08. The van der Waals surface area contributed by atoms with E-state index in [9.17, 15) is 0 Å². The molecule has 0 spiro atoms. The van der Waals surface area contributed by atoms with Gasteiger partial charge in [-0.25, -0.2) is 0 Å². The fourth-order valence-electron chi connectivity index (χ4n) is 1.72. The summed E-state index contributed by atoms with van der Waals surface area (Å²) in [5, 5.41) is 16.6. The Balaban J connectivity index is 2.88. The average Bonchev–Trinajstić information content (AvgIpc) is 2.38. The van der Waals surface area contributed by atoms with Gasteiger partial charge in [-0.2, -0.15) is 0 Å². The van der Waals surface area contributed by atoms with Crippen LogP contribution in [0.25, 0.3) is 0 Å². The van der Waals surface area contributed by atoms with E-state index < -0.39 is 0 Å². The number of hydrogen-bond donors (Lipinski definition) is 4. The number of rotatable bonds is 3. The molecule has 0 saturated heterocycles. The standard InChI is InChI=1S/C13H20N4S/c1-4-9-7-6-8-10(5-2)11(9)16-13(18)17-12(14)15-3/h6-8H,4-5H2,1-3H3,(H4,14,15,16,17,18). The van der Waals surface area contributed by atoms with Crippen molar-refractivity contribution in [2.24, 2.45) is 0 Å². The molecule has 0 saturated carbocycles. The molecule has 1 aromatic rings. The van der Waals surface area contributed by atoms with Crippen LogP contribution in [0, 0.1) is 5.41 Å². The topological polar surface area (TPSA) is 59.9 Å². The molecule has 4 nitrogen and oxygen atoms in total. The quantitative estimate of drug-likeness (QED) is 0.384. The van der Waals surface area contributed by atoms with Crippen LogP contribution in [-0.2, 0) is 12.8 Å². The van der Waals surface area contributed by atoms with Gasteiger partial charge in [-0.1, -0.05) is 32.0 Å². The molecular weight excluding hydrogens is 244 g/mol. The summed E-state index contributed by atoms with van der Waals surface area (Å²) in [6, 6.07) is 6.25. The fourth-order valence-corrected chi connectivity index (χ4v) is 1.93. The average molecular weight is 264 g/mol. The SMILES string of the molecule is CCc1cccc(CC)c1NC(=S)NC(=N)NC. The van der Waals surface area contributed by atoms with Crippen molar-refractivity contribution in [3.63, 3.8) is 0 Å². The van der Waals surface area contributed by atoms with Gasteiger partial charge in [0.15, 0.2) is 11.1 Å². The first kappa shape index (κ1) is 14.4. The molecular formula is C13H20N4S. The smallest absolute Gasteiger partial charge is 0.194 e. The third-order valence-corrected chi connectivity index (χ3v) is 2.93. The Kier molecular flexibility index (Phi) is 5.58. The summed E-state index contributed by atoms with van der Waals surface area (Å²) in [6.45, 7) is 4.23. The van der Waals surface area contributed by atoms with Crippen LogP contribution < -0.4 is 16.0 Å². The third-order valence-electron chi connectivity index (χ3n) is 2.73. The molecule has 0 aliphatic heterocycles. The molecule has 18 heavy (non-hydrogen) atoms. The molecule has 1 rings (SSSR count). The Morgan fingerprint density at radius 1 is 1.22 bits per heavy atom. The number of nitrogens with one attached hydrogen (secondary N) is 4. The Hall–Kier alpha value is -1.62. The van der Waals surface area contributed by atoms with Gasteiger partial charge < -0.3 is 16.0 Å². The van der Waals surface area contributed by atoms with Gasteiger partial charge in [0.25, 0.3) is 0 Å². The zero-order valence-electron chi connectivity index (χ0n) is 11.1. The number of anilines is 1. The minimum atomic E-state index is 0.180. The molecule has 4 N–H and O–H groups in total. The summed E-state index contributed by atoms with van der Waals surface area (Å²) in [5.74, 6) is 0.180. The molecule has 98 valence electrons. The van der Waals surface area contributed by atoms with E-state index >= 15 is 0 Å². The van der Waals surface area contributed by atoms with Crippen LogP contribution in [0.2, 0.25) is 0 Å². The largest absolute Gasteiger partial charge is 0.359 e. The molecule has 0 aliphatic rings. The minimum Gasteiger partial charge on any atom is -0.359 e. The summed E-state index contributed by atoms with van der Waals surface area (Å²) in [5.41, 5.74) is 3.52. The molecule has 0 unspecified atom stereocenters. The van der Waals surface area contributed by atoms with Crippen molar-refractivity contribution in [3.05, 3.63) is 29.3 Å². The van der Waals surface area contributed by atoms with Gasteiger partial charge in [-0.05, 0) is 36.2 Å². The van der Waals surface area contributed by atoms with E-state index in [-0.39, 0.29) is 5.96 Å². The summed E-state index contributed by atoms with van der Waals surface area (Å²) in [4.78, 5) is 0. The summed E-state index contributed by atoms with van der Waals surface area (Å²) < 4.78 is 0. The lowest BCUT2D eigenvalue weighted by Crippen LogP contribution is -2.40. The van der Waals surface area contributed by atoms with Gasteiger partial charge >= 0.3 is 0 Å². The monoisotopic (exact) mass is 264 g/mol. The maximum absolute atomic E-state index is 7.48. The molecule has 0 bridgehead atoms. The molecule has 5 heteroatoms. The number of guanidine groups is 1. The van der Waals surface area contributed by atoms with Gasteiger partial charge in [0.1, 0.15) is 0 Å². The van der Waals surface area contributed by atoms with E-state index in [0.717, 1.165) is 18.5 Å². The highest BCUT2D eigenvalue weighted by Crippen LogP contribution is 2.22. The minimum absolute atomic E-state index is 0.180. The highest BCUT2D eigenvalue weighted by atomic mass is 32.1. The first-order valence-corrected chi connectivity index (χ1v) is 6.48. The van der Waals surface area contributed by atoms with Crippen molar-refractivity contribution >= 4 is 29.0 Å². The summed E-state index contributed by atoms with van der Waals surface area (Å²) in [6.07, 6.45) is 1.89. The van der Waals surface area contributed by atoms with Crippen LogP contribution in [0.4, 0.5) is 5.69 Å². The Morgan fingerprint density at radius 2 is 1.78 bits per heavy atom. The van der Waals surface area contributed by atoms with Gasteiger partial charge in [-0.15, -0.1) is 0 Å². The molecule has 0 aliphatic carbocycles. The predicted octanol–water partition coefficient (Wildman–Crippen LogP) is 2.25. The van der Waals surface area contributed by atoms with Crippen molar-refractivity contribution in [3.8, 4) is 0 Å². The van der Waals surface area contributed by atoms with Crippen molar-refractivity contribution in [2.75, 3.05) is 12.4 Å². The molecule has 0 radical (unpaired) electrons. The van der Waals surface area contributed by atoms with E-state index in [0.29, 0.717) is 5.11 Å². The van der Waals surface area contributed by atoms with Crippen LogP contribution in [0.15, 0.2) is 18.2 Å². The first-order valence-electron chi connectivity index (χ1n) is 6.07. The van der Waals surface area contributed by atoms with Crippen LogP contribution in [0.5, 0.6) is 0 Å². The van der Waals surface area contributed by atoms with E-state index in [1.54, 1.807) is 7.05 Å². The zero-order chi connectivity index (χ0) is 13.5. The molecule has 0 aromatic heterocycles. The second-order valence-electron chi connectivity index (χ2n) is 3.86. The number of aryl methyl sites for hydroxylation is 2. The Morgan fingerprint density at radius 3 is 2.22 bits per heavy atom. The second kappa shape index (κ2) is 6.96.